The number of hydrogen-bond donors (Lipinski definition) is 0. The molecule has 1 aliphatic heterocycles. The van der Waals surface area contributed by atoms with E-state index < -0.39 is 0 Å². The number of nitrogens with zero attached hydrogens (tertiary/aromatic N) is 2. The molecule has 0 bridgehead atoms. The largest absolute Gasteiger partial charge is 0.371 e. The molecule has 2 nitrogen and oxygen atoms in total. The molecule has 0 fully saturated rings. The minimum Gasteiger partial charge on any atom is -0.371 e. The fourth-order valence-corrected chi connectivity index (χ4v) is 1.45. The molecule has 0 spiro atoms. The predicted octanol–water partition coefficient (Wildman–Crippen LogP) is 1.71. The second kappa shape index (κ2) is 4.47. The van der Waals surface area contributed by atoms with E-state index in [0.717, 1.165) is 13.1 Å². The first kappa shape index (κ1) is 10.3. The monoisotopic (exact) mass is 180 g/mol. The highest BCUT2D eigenvalue weighted by Gasteiger charge is 2.08. The fourth-order valence-electron chi connectivity index (χ4n) is 1.45. The lowest BCUT2D eigenvalue weighted by Crippen LogP contribution is -2.29. The van der Waals surface area contributed by atoms with Crippen molar-refractivity contribution in [3.8, 4) is 0 Å². The highest BCUT2D eigenvalue weighted by Crippen LogP contribution is 2.10. The van der Waals surface area contributed by atoms with Crippen LogP contribution in [0.4, 0.5) is 0 Å². The van der Waals surface area contributed by atoms with Crippen molar-refractivity contribution in [2.45, 2.75) is 19.9 Å². The van der Waals surface area contributed by atoms with E-state index in [1.165, 1.54) is 5.57 Å². The summed E-state index contributed by atoms with van der Waals surface area (Å²) in [6.45, 7) is 6.53. The maximum absolute atomic E-state index is 2.36. The lowest BCUT2D eigenvalue weighted by molar-refractivity contribution is 0.332. The van der Waals surface area contributed by atoms with Crippen LogP contribution in [-0.4, -0.2) is 43.0 Å². The van der Waals surface area contributed by atoms with E-state index in [0.29, 0.717) is 6.04 Å². The maximum atomic E-state index is 2.36. The molecule has 0 N–H and O–H groups in total. The summed E-state index contributed by atoms with van der Waals surface area (Å²) < 4.78 is 0. The molecule has 0 aliphatic carbocycles. The summed E-state index contributed by atoms with van der Waals surface area (Å²) in [6.07, 6.45) is 6.72. The van der Waals surface area contributed by atoms with Crippen molar-refractivity contribution in [2.75, 3.05) is 27.2 Å². The second-order valence-corrected chi connectivity index (χ2v) is 4.13. The smallest absolute Gasteiger partial charge is 0.0360 e. The summed E-state index contributed by atoms with van der Waals surface area (Å²) in [4.78, 5) is 4.55. The van der Waals surface area contributed by atoms with Crippen LogP contribution in [0.25, 0.3) is 0 Å². The van der Waals surface area contributed by atoms with Crippen LogP contribution in [0.2, 0.25) is 0 Å². The van der Waals surface area contributed by atoms with Gasteiger partial charge in [0.2, 0.25) is 0 Å². The molecule has 0 radical (unpaired) electrons. The zero-order chi connectivity index (χ0) is 9.84. The van der Waals surface area contributed by atoms with Crippen LogP contribution in [0.15, 0.2) is 23.9 Å². The van der Waals surface area contributed by atoms with Gasteiger partial charge in [-0.15, -0.1) is 0 Å². The van der Waals surface area contributed by atoms with E-state index >= 15 is 0 Å². The lowest BCUT2D eigenvalue weighted by Gasteiger charge is -2.27. The Hall–Kier alpha value is -0.760. The standard InChI is InChI=1S/C11H20N2/c1-10(2)13-7-5-6-11(9-13)8-12(3)4/h5-6,9-10H,7-8H2,1-4H3. The van der Waals surface area contributed by atoms with Gasteiger partial charge in [0.25, 0.3) is 0 Å². The van der Waals surface area contributed by atoms with Crippen LogP contribution >= 0.6 is 0 Å². The minimum atomic E-state index is 0.599. The zero-order valence-electron chi connectivity index (χ0n) is 9.12. The van der Waals surface area contributed by atoms with Crippen molar-refractivity contribution >= 4 is 0 Å². The molecular formula is C11H20N2. The summed E-state index contributed by atoms with van der Waals surface area (Å²) in [5.41, 5.74) is 1.39. The lowest BCUT2D eigenvalue weighted by atomic mass is 10.1. The number of rotatable bonds is 3. The van der Waals surface area contributed by atoms with E-state index in [9.17, 15) is 0 Å². The van der Waals surface area contributed by atoms with E-state index in [2.05, 4.69) is 56.1 Å². The van der Waals surface area contributed by atoms with Crippen LogP contribution in [0.3, 0.4) is 0 Å². The predicted molar refractivity (Wildman–Crippen MR) is 57.6 cm³/mol. The van der Waals surface area contributed by atoms with E-state index in [1.807, 2.05) is 0 Å². The minimum absolute atomic E-state index is 0.599. The first-order chi connectivity index (χ1) is 6.09. The molecule has 0 aromatic rings. The maximum Gasteiger partial charge on any atom is 0.0360 e. The number of likely N-dealkylation sites (N-methyl/N-ethyl adjacent to an activating group) is 1. The third-order valence-corrected chi connectivity index (χ3v) is 2.14. The van der Waals surface area contributed by atoms with Crippen molar-refractivity contribution in [3.05, 3.63) is 23.9 Å². The first-order valence-corrected chi connectivity index (χ1v) is 4.87. The first-order valence-electron chi connectivity index (χ1n) is 4.87. The molecule has 0 atom stereocenters. The summed E-state index contributed by atoms with van der Waals surface area (Å²) in [6, 6.07) is 0.599. The Labute approximate surface area is 81.5 Å². The molecule has 0 saturated carbocycles. The Morgan fingerprint density at radius 2 is 2.15 bits per heavy atom. The average molecular weight is 180 g/mol. The molecule has 74 valence electrons. The zero-order valence-corrected chi connectivity index (χ0v) is 9.12. The molecule has 0 aromatic carbocycles. The van der Waals surface area contributed by atoms with Crippen molar-refractivity contribution in [3.63, 3.8) is 0 Å². The van der Waals surface area contributed by atoms with Gasteiger partial charge in [0, 0.05) is 25.3 Å². The van der Waals surface area contributed by atoms with E-state index in [1.54, 1.807) is 0 Å². The Bertz CT molecular complexity index is 214. The Kier molecular flexibility index (Phi) is 3.55. The highest BCUT2D eigenvalue weighted by molar-refractivity contribution is 5.23. The SMILES string of the molecule is CC(C)N1C=C(CN(C)C)C=CC1. The molecule has 1 heterocycles. The molecule has 0 unspecified atom stereocenters. The van der Waals surface area contributed by atoms with Gasteiger partial charge < -0.3 is 9.80 Å². The Morgan fingerprint density at radius 3 is 2.69 bits per heavy atom. The molecule has 2 heteroatoms. The van der Waals surface area contributed by atoms with E-state index in [4.69, 9.17) is 0 Å². The summed E-state index contributed by atoms with van der Waals surface area (Å²) in [5.74, 6) is 0. The Balaban J connectivity index is 2.58. The van der Waals surface area contributed by atoms with Gasteiger partial charge in [0.05, 0.1) is 0 Å². The molecule has 0 aromatic heterocycles. The molecular weight excluding hydrogens is 160 g/mol. The summed E-state index contributed by atoms with van der Waals surface area (Å²) >= 11 is 0. The average Bonchev–Trinajstić information content (AvgIpc) is 2.03. The van der Waals surface area contributed by atoms with E-state index in [-0.39, 0.29) is 0 Å². The van der Waals surface area contributed by atoms with Crippen molar-refractivity contribution in [1.29, 1.82) is 0 Å². The fraction of sp³-hybridized carbons (Fsp3) is 0.636. The third-order valence-electron chi connectivity index (χ3n) is 2.14. The molecule has 13 heavy (non-hydrogen) atoms. The van der Waals surface area contributed by atoms with Gasteiger partial charge in [-0.05, 0) is 33.5 Å². The summed E-state index contributed by atoms with van der Waals surface area (Å²) in [7, 11) is 4.20. The van der Waals surface area contributed by atoms with Crippen molar-refractivity contribution in [2.24, 2.45) is 0 Å². The van der Waals surface area contributed by atoms with Crippen LogP contribution in [0.5, 0.6) is 0 Å². The molecule has 0 amide bonds. The molecule has 0 saturated heterocycles. The molecule has 1 aliphatic rings. The highest BCUT2D eigenvalue weighted by atomic mass is 15.1. The quantitative estimate of drug-likeness (QED) is 0.652. The van der Waals surface area contributed by atoms with Gasteiger partial charge in [-0.1, -0.05) is 12.2 Å². The van der Waals surface area contributed by atoms with Crippen LogP contribution in [-0.2, 0) is 0 Å². The summed E-state index contributed by atoms with van der Waals surface area (Å²) in [5, 5.41) is 0. The van der Waals surface area contributed by atoms with Crippen LogP contribution in [0.1, 0.15) is 13.8 Å². The van der Waals surface area contributed by atoms with Gasteiger partial charge >= 0.3 is 0 Å². The van der Waals surface area contributed by atoms with Gasteiger partial charge in [-0.25, -0.2) is 0 Å². The van der Waals surface area contributed by atoms with Crippen LogP contribution in [0, 0.1) is 0 Å². The Morgan fingerprint density at radius 1 is 1.46 bits per heavy atom. The van der Waals surface area contributed by atoms with Gasteiger partial charge in [-0.2, -0.15) is 0 Å². The molecule has 1 rings (SSSR count). The van der Waals surface area contributed by atoms with Crippen molar-refractivity contribution in [1.82, 2.24) is 9.80 Å². The normalized spacial score (nSPS) is 17.1. The van der Waals surface area contributed by atoms with Gasteiger partial charge in [0.1, 0.15) is 0 Å². The van der Waals surface area contributed by atoms with Gasteiger partial charge in [-0.3, -0.25) is 0 Å². The third kappa shape index (κ3) is 3.23. The van der Waals surface area contributed by atoms with Crippen molar-refractivity contribution < 1.29 is 0 Å². The number of hydrogen-bond acceptors (Lipinski definition) is 2. The van der Waals surface area contributed by atoms with Crippen LogP contribution < -0.4 is 0 Å². The topological polar surface area (TPSA) is 6.48 Å². The second-order valence-electron chi connectivity index (χ2n) is 4.13. The van der Waals surface area contributed by atoms with Gasteiger partial charge in [0.15, 0.2) is 0 Å².